The number of ketones is 2. The minimum Gasteiger partial charge on any atom is -0.478 e. The van der Waals surface area contributed by atoms with E-state index in [9.17, 15) is 50.6 Å². The molecule has 4 heterocycles. The van der Waals surface area contributed by atoms with Crippen LogP contribution in [-0.4, -0.2) is 78.8 Å². The summed E-state index contributed by atoms with van der Waals surface area (Å²) in [5.74, 6) is -1.04. The molecule has 0 spiro atoms. The number of carboxylic acids is 1. The Labute approximate surface area is 440 Å². The number of alkyl halides is 6. The monoisotopic (exact) mass is 1060 g/mol. The number of nitrogens with one attached hydrogen (secondary N) is 3. The zero-order valence-corrected chi connectivity index (χ0v) is 43.3. The van der Waals surface area contributed by atoms with E-state index < -0.39 is 31.2 Å². The molecule has 18 heteroatoms. The predicted molar refractivity (Wildman–Crippen MR) is 286 cm³/mol. The lowest BCUT2D eigenvalue weighted by atomic mass is 9.99. The van der Waals surface area contributed by atoms with Crippen LogP contribution in [0.4, 0.5) is 37.7 Å². The van der Waals surface area contributed by atoms with Crippen LogP contribution in [0.5, 0.6) is 0 Å². The van der Waals surface area contributed by atoms with Gasteiger partial charge >= 0.3 is 18.3 Å². The third-order valence-electron chi connectivity index (χ3n) is 13.5. The number of nitrogens with zero attached hydrogens (tertiary/aromatic N) is 4. The van der Waals surface area contributed by atoms with Crippen molar-refractivity contribution in [1.82, 2.24) is 24.1 Å². The number of hydrogen-bond acceptors (Lipinski definition) is 8. The van der Waals surface area contributed by atoms with Gasteiger partial charge in [-0.15, -0.1) is 0 Å². The number of Topliss-reactive ketones (excluding diaryl/α,β-unsaturated/α-hetero) is 2. The van der Waals surface area contributed by atoms with Crippen LogP contribution in [0, 0.1) is 27.7 Å². The van der Waals surface area contributed by atoms with Gasteiger partial charge in [0.1, 0.15) is 0 Å². The molecule has 1 amide bonds. The topological polar surface area (TPSA) is 159 Å². The maximum Gasteiger partial charge on any atom is 0.390 e. The molecule has 1 fully saturated rings. The second-order valence-corrected chi connectivity index (χ2v) is 19.3. The standard InChI is InChI=1S/C31H31F3N4O2.C28H26F3N3O3/c1-4-28(39)24-9-6-21(14-18(24)2)27-16-36-29-26(35-12-11-31(32,33)34)15-22(17-38(27)29)20-5-10-25(19(3)13-20)30(40)37-23-7-8-23;1-4-25(35)21-7-6-19(12-16(21)2)24-14-33-26-23(32-10-9-28(29,30)31)13-20(15-34(24)26)18-5-8-22(27(36)37)17(3)11-18/h5-6,9-10,13-17,23,35H,4,7-8,11-12H2,1-3H3,(H,37,40);5-8,11-15,32H,4,9-10H2,1-3H3,(H,36,37). The molecule has 1 aliphatic rings. The van der Waals surface area contributed by atoms with Crippen molar-refractivity contribution in [2.45, 2.75) is 98.5 Å². The van der Waals surface area contributed by atoms with E-state index in [1.807, 2.05) is 80.9 Å². The molecule has 0 aliphatic heterocycles. The zero-order valence-electron chi connectivity index (χ0n) is 43.3. The number of rotatable bonds is 17. The summed E-state index contributed by atoms with van der Waals surface area (Å²) >= 11 is 0. The highest BCUT2D eigenvalue weighted by molar-refractivity contribution is 5.99. The number of halogens is 6. The van der Waals surface area contributed by atoms with Crippen LogP contribution in [0.3, 0.4) is 0 Å². The number of carboxylic acid groups (broad SMARTS) is 1. The Bertz CT molecular complexity index is 3570. The van der Waals surface area contributed by atoms with Gasteiger partial charge in [0.2, 0.25) is 0 Å². The molecular formula is C59H57F6N7O5. The van der Waals surface area contributed by atoms with Crippen molar-refractivity contribution in [3.05, 3.63) is 154 Å². The highest BCUT2D eigenvalue weighted by Crippen LogP contribution is 2.35. The average Bonchev–Trinajstić information content (AvgIpc) is 4.04. The Morgan fingerprint density at radius 3 is 1.29 bits per heavy atom. The van der Waals surface area contributed by atoms with Crippen molar-refractivity contribution >= 4 is 46.1 Å². The Morgan fingerprint density at radius 2 is 0.922 bits per heavy atom. The second kappa shape index (κ2) is 22.5. The number of amides is 1. The van der Waals surface area contributed by atoms with E-state index in [-0.39, 0.29) is 42.2 Å². The van der Waals surface area contributed by atoms with Crippen LogP contribution in [-0.2, 0) is 0 Å². The summed E-state index contributed by atoms with van der Waals surface area (Å²) in [6.45, 7) is 10.3. The number of pyridine rings is 2. The third-order valence-corrected chi connectivity index (χ3v) is 13.5. The molecule has 12 nitrogen and oxygen atoms in total. The first-order chi connectivity index (χ1) is 36.5. The van der Waals surface area contributed by atoms with Crippen LogP contribution in [0.25, 0.3) is 56.1 Å². The maximum absolute atomic E-state index is 12.9. The van der Waals surface area contributed by atoms with E-state index in [0.29, 0.717) is 74.6 Å². The molecule has 77 heavy (non-hydrogen) atoms. The molecule has 4 aromatic carbocycles. The van der Waals surface area contributed by atoms with Gasteiger partial charge in [-0.1, -0.05) is 62.4 Å². The molecular weight excluding hydrogens is 1000 g/mol. The molecule has 0 bridgehead atoms. The third kappa shape index (κ3) is 12.9. The SMILES string of the molecule is CCC(=O)c1ccc(-c2cnc3c(NCCC(F)(F)F)cc(-c4ccc(C(=O)NC5CC5)c(C)c4)cn23)cc1C.CCC(=O)c1ccc(-c2cnc3c(NCCC(F)(F)F)cc(-c4ccc(C(=O)O)c(C)c4)cn23)cc1C. The molecule has 1 saturated carbocycles. The molecule has 0 saturated heterocycles. The molecule has 4 aromatic heterocycles. The normalized spacial score (nSPS) is 12.6. The zero-order chi connectivity index (χ0) is 55.5. The van der Waals surface area contributed by atoms with Crippen LogP contribution >= 0.6 is 0 Å². The van der Waals surface area contributed by atoms with Crippen LogP contribution in [0.1, 0.15) is 116 Å². The summed E-state index contributed by atoms with van der Waals surface area (Å²) in [6.07, 6.45) is -0.737. The van der Waals surface area contributed by atoms with E-state index in [2.05, 4.69) is 25.9 Å². The highest BCUT2D eigenvalue weighted by Gasteiger charge is 2.28. The Balaban J connectivity index is 0.000000204. The van der Waals surface area contributed by atoms with Crippen molar-refractivity contribution in [3.8, 4) is 44.8 Å². The summed E-state index contributed by atoms with van der Waals surface area (Å²) in [7, 11) is 0. The molecule has 0 atom stereocenters. The van der Waals surface area contributed by atoms with Gasteiger partial charge in [-0.2, -0.15) is 26.3 Å². The number of hydrogen-bond donors (Lipinski definition) is 4. The minimum absolute atomic E-state index is 0.0424. The number of imidazole rings is 2. The van der Waals surface area contributed by atoms with Gasteiger partial charge in [-0.25, -0.2) is 14.8 Å². The number of aromatic nitrogens is 4. The minimum atomic E-state index is -4.31. The quantitative estimate of drug-likeness (QED) is 0.0514. The van der Waals surface area contributed by atoms with E-state index in [1.54, 1.807) is 73.1 Å². The lowest BCUT2D eigenvalue weighted by molar-refractivity contribution is -0.132. The molecule has 0 radical (unpaired) electrons. The number of fused-ring (bicyclic) bond motifs is 2. The summed E-state index contributed by atoms with van der Waals surface area (Å²) in [4.78, 5) is 57.6. The van der Waals surface area contributed by atoms with Gasteiger partial charge in [-0.3, -0.25) is 23.2 Å². The lowest BCUT2D eigenvalue weighted by Gasteiger charge is -2.15. The first-order valence-corrected chi connectivity index (χ1v) is 25.2. The fourth-order valence-electron chi connectivity index (χ4n) is 9.18. The number of aryl methyl sites for hydroxylation is 4. The second-order valence-electron chi connectivity index (χ2n) is 19.3. The molecule has 0 unspecified atom stereocenters. The summed E-state index contributed by atoms with van der Waals surface area (Å²) in [5, 5.41) is 18.2. The van der Waals surface area contributed by atoms with E-state index in [4.69, 9.17) is 0 Å². The van der Waals surface area contributed by atoms with Crippen LogP contribution in [0.15, 0.2) is 110 Å². The predicted octanol–water partition coefficient (Wildman–Crippen LogP) is 14.1. The summed E-state index contributed by atoms with van der Waals surface area (Å²) < 4.78 is 80.8. The van der Waals surface area contributed by atoms with Gasteiger partial charge in [0.25, 0.3) is 5.91 Å². The molecule has 4 N–H and O–H groups in total. The van der Waals surface area contributed by atoms with Crippen molar-refractivity contribution in [1.29, 1.82) is 0 Å². The van der Waals surface area contributed by atoms with Gasteiger partial charge in [0.05, 0.1) is 53.6 Å². The first-order valence-electron chi connectivity index (χ1n) is 25.2. The summed E-state index contributed by atoms with van der Waals surface area (Å²) in [5.41, 5.74) is 13.0. The van der Waals surface area contributed by atoms with Crippen molar-refractivity contribution in [2.75, 3.05) is 23.7 Å². The maximum atomic E-state index is 12.9. The van der Waals surface area contributed by atoms with Crippen molar-refractivity contribution in [2.24, 2.45) is 0 Å². The van der Waals surface area contributed by atoms with Gasteiger partial charge < -0.3 is 21.1 Å². The number of anilines is 2. The Morgan fingerprint density at radius 1 is 0.545 bits per heavy atom. The number of benzene rings is 4. The molecule has 1 aliphatic carbocycles. The van der Waals surface area contributed by atoms with Crippen LogP contribution in [0.2, 0.25) is 0 Å². The molecule has 9 rings (SSSR count). The summed E-state index contributed by atoms with van der Waals surface area (Å²) in [6, 6.07) is 25.3. The van der Waals surface area contributed by atoms with Crippen LogP contribution < -0.4 is 16.0 Å². The Hall–Kier alpha value is -8.28. The van der Waals surface area contributed by atoms with Gasteiger partial charge in [0, 0.05) is 83.3 Å². The average molecular weight is 1060 g/mol. The number of aromatic carboxylic acids is 1. The fraction of sp³-hybridized carbons (Fsp3) is 0.288. The largest absolute Gasteiger partial charge is 0.478 e. The van der Waals surface area contributed by atoms with Crippen molar-refractivity contribution in [3.63, 3.8) is 0 Å². The van der Waals surface area contributed by atoms with E-state index >= 15 is 0 Å². The smallest absolute Gasteiger partial charge is 0.390 e. The number of carbonyl (C=O) groups excluding carboxylic acids is 3. The highest BCUT2D eigenvalue weighted by atomic mass is 19.4. The van der Waals surface area contributed by atoms with E-state index in [1.165, 1.54) is 6.07 Å². The van der Waals surface area contributed by atoms with Gasteiger partial charge in [0.15, 0.2) is 22.9 Å². The van der Waals surface area contributed by atoms with E-state index in [0.717, 1.165) is 57.5 Å². The molecule has 400 valence electrons. The first kappa shape index (κ1) is 55.0. The number of carbonyl (C=O) groups is 4. The molecule has 8 aromatic rings. The van der Waals surface area contributed by atoms with Gasteiger partial charge in [-0.05, 0) is 110 Å². The Kier molecular flexibility index (Phi) is 16.1. The fourth-order valence-corrected chi connectivity index (χ4v) is 9.18. The lowest BCUT2D eigenvalue weighted by Crippen LogP contribution is -2.26. The van der Waals surface area contributed by atoms with Crippen molar-refractivity contribution < 1.29 is 50.6 Å².